The lowest BCUT2D eigenvalue weighted by Gasteiger charge is -2.21. The van der Waals surface area contributed by atoms with Gasteiger partial charge < -0.3 is 16.0 Å². The lowest BCUT2D eigenvalue weighted by Crippen LogP contribution is -2.49. The summed E-state index contributed by atoms with van der Waals surface area (Å²) in [5.41, 5.74) is 4.04. The van der Waals surface area contributed by atoms with E-state index in [1.54, 1.807) is 12.1 Å². The highest BCUT2D eigenvalue weighted by molar-refractivity contribution is 6.00. The first kappa shape index (κ1) is 23.1. The van der Waals surface area contributed by atoms with Crippen LogP contribution in [-0.4, -0.2) is 30.3 Å². The first-order chi connectivity index (χ1) is 14.2. The largest absolute Gasteiger partial charge is 0.345 e. The third-order valence-corrected chi connectivity index (χ3v) is 4.89. The number of rotatable bonds is 8. The quantitative estimate of drug-likeness (QED) is 0.623. The van der Waals surface area contributed by atoms with Crippen LogP contribution >= 0.6 is 0 Å². The number of para-hydroxylation sites is 1. The molecule has 1 unspecified atom stereocenters. The van der Waals surface area contributed by atoms with Gasteiger partial charge in [0.05, 0.1) is 6.54 Å². The Morgan fingerprint density at radius 3 is 2.07 bits per heavy atom. The van der Waals surface area contributed by atoms with Crippen LogP contribution in [0.4, 0.5) is 5.69 Å². The number of amides is 3. The topological polar surface area (TPSA) is 87.3 Å². The Hall–Kier alpha value is -3.15. The Morgan fingerprint density at radius 2 is 1.47 bits per heavy atom. The molecule has 0 saturated carbocycles. The molecule has 6 heteroatoms. The number of benzene rings is 2. The zero-order chi connectivity index (χ0) is 22.3. The molecule has 0 aliphatic carbocycles. The van der Waals surface area contributed by atoms with Crippen LogP contribution in [0.25, 0.3) is 0 Å². The van der Waals surface area contributed by atoms with Crippen LogP contribution in [0.15, 0.2) is 42.5 Å². The molecule has 30 heavy (non-hydrogen) atoms. The highest BCUT2D eigenvalue weighted by Crippen LogP contribution is 2.19. The molecule has 2 aromatic rings. The fourth-order valence-corrected chi connectivity index (χ4v) is 3.25. The van der Waals surface area contributed by atoms with Gasteiger partial charge in [-0.15, -0.1) is 0 Å². The summed E-state index contributed by atoms with van der Waals surface area (Å²) in [6.07, 6.45) is 0.474. The zero-order valence-corrected chi connectivity index (χ0v) is 18.3. The molecule has 0 aliphatic heterocycles. The van der Waals surface area contributed by atoms with Crippen molar-refractivity contribution in [3.05, 3.63) is 64.7 Å². The smallest absolute Gasteiger partial charge is 0.252 e. The lowest BCUT2D eigenvalue weighted by atomic mass is 10.0. The van der Waals surface area contributed by atoms with E-state index < -0.39 is 6.04 Å². The second kappa shape index (κ2) is 10.6. The molecule has 0 aromatic heterocycles. The standard InChI is InChI=1S/C24H31N3O3/c1-15(2)13-20(26-23(29)19-12-7-6-9-16(19)3)24(30)25-14-21(28)27-22-17(4)10-8-11-18(22)5/h6-12,15,20H,13-14H2,1-5H3,(H,25,30)(H,26,29)(H,27,28). The highest BCUT2D eigenvalue weighted by atomic mass is 16.2. The molecule has 6 nitrogen and oxygen atoms in total. The van der Waals surface area contributed by atoms with Crippen molar-refractivity contribution < 1.29 is 14.4 Å². The third kappa shape index (κ3) is 6.44. The van der Waals surface area contributed by atoms with E-state index in [1.165, 1.54) is 0 Å². The van der Waals surface area contributed by atoms with E-state index in [0.717, 1.165) is 22.4 Å². The number of hydrogen-bond donors (Lipinski definition) is 3. The molecule has 0 spiro atoms. The number of carbonyl (C=O) groups excluding carboxylic acids is 3. The summed E-state index contributed by atoms with van der Waals surface area (Å²) in [5, 5.41) is 8.31. The molecule has 0 aliphatic rings. The van der Waals surface area contributed by atoms with Crippen molar-refractivity contribution in [2.45, 2.75) is 47.1 Å². The van der Waals surface area contributed by atoms with Crippen LogP contribution in [0.2, 0.25) is 0 Å². The van der Waals surface area contributed by atoms with Crippen LogP contribution in [0.3, 0.4) is 0 Å². The van der Waals surface area contributed by atoms with Crippen LogP contribution < -0.4 is 16.0 Å². The number of nitrogens with one attached hydrogen (secondary N) is 3. The van der Waals surface area contributed by atoms with E-state index in [4.69, 9.17) is 0 Å². The average Bonchev–Trinajstić information content (AvgIpc) is 2.68. The fraction of sp³-hybridized carbons (Fsp3) is 0.375. The predicted molar refractivity (Wildman–Crippen MR) is 119 cm³/mol. The maximum absolute atomic E-state index is 12.7. The molecule has 3 N–H and O–H groups in total. The summed E-state index contributed by atoms with van der Waals surface area (Å²) >= 11 is 0. The fourth-order valence-electron chi connectivity index (χ4n) is 3.25. The molecule has 2 rings (SSSR count). The Balaban J connectivity index is 2.00. The number of hydrogen-bond acceptors (Lipinski definition) is 3. The first-order valence-electron chi connectivity index (χ1n) is 10.2. The van der Waals surface area contributed by atoms with Gasteiger partial charge in [-0.1, -0.05) is 50.2 Å². The van der Waals surface area contributed by atoms with Gasteiger partial charge in [0.15, 0.2) is 0 Å². The SMILES string of the molecule is Cc1ccccc1C(=O)NC(CC(C)C)C(=O)NCC(=O)Nc1c(C)cccc1C. The van der Waals surface area contributed by atoms with E-state index in [0.29, 0.717) is 12.0 Å². The minimum absolute atomic E-state index is 0.165. The molecule has 1 atom stereocenters. The van der Waals surface area contributed by atoms with Crippen molar-refractivity contribution in [3.8, 4) is 0 Å². The number of carbonyl (C=O) groups is 3. The summed E-state index contributed by atoms with van der Waals surface area (Å²) in [4.78, 5) is 37.7. The van der Waals surface area contributed by atoms with Gasteiger partial charge in [0.2, 0.25) is 11.8 Å². The summed E-state index contributed by atoms with van der Waals surface area (Å²) in [6, 6.07) is 12.3. The van der Waals surface area contributed by atoms with Gasteiger partial charge in [-0.2, -0.15) is 0 Å². The van der Waals surface area contributed by atoms with Crippen molar-refractivity contribution in [3.63, 3.8) is 0 Å². The van der Waals surface area contributed by atoms with Crippen molar-refractivity contribution >= 4 is 23.4 Å². The van der Waals surface area contributed by atoms with Gasteiger partial charge in [-0.05, 0) is 55.9 Å². The number of anilines is 1. The van der Waals surface area contributed by atoms with E-state index in [9.17, 15) is 14.4 Å². The van der Waals surface area contributed by atoms with Crippen LogP contribution in [0, 0.1) is 26.7 Å². The normalized spacial score (nSPS) is 11.7. The van der Waals surface area contributed by atoms with E-state index >= 15 is 0 Å². The van der Waals surface area contributed by atoms with Crippen molar-refractivity contribution in [1.82, 2.24) is 10.6 Å². The molecule has 160 valence electrons. The summed E-state index contributed by atoms with van der Waals surface area (Å²) in [6.45, 7) is 9.48. The van der Waals surface area contributed by atoms with Crippen LogP contribution in [-0.2, 0) is 9.59 Å². The molecule has 0 fully saturated rings. The molecule has 0 heterocycles. The summed E-state index contributed by atoms with van der Waals surface area (Å²) in [5.74, 6) is -0.785. The minimum Gasteiger partial charge on any atom is -0.345 e. The van der Waals surface area contributed by atoms with Crippen LogP contribution in [0.5, 0.6) is 0 Å². The number of aryl methyl sites for hydroxylation is 3. The van der Waals surface area contributed by atoms with Gasteiger partial charge in [0, 0.05) is 11.3 Å². The Bertz CT molecular complexity index is 901. The van der Waals surface area contributed by atoms with Gasteiger partial charge in [-0.25, -0.2) is 0 Å². The molecule has 3 amide bonds. The Labute approximate surface area is 178 Å². The van der Waals surface area contributed by atoms with E-state index in [1.807, 2.05) is 65.0 Å². The Morgan fingerprint density at radius 1 is 0.867 bits per heavy atom. The average molecular weight is 410 g/mol. The van der Waals surface area contributed by atoms with Gasteiger partial charge in [0.25, 0.3) is 5.91 Å². The second-order valence-electron chi connectivity index (χ2n) is 8.00. The van der Waals surface area contributed by atoms with Gasteiger partial charge in [0.1, 0.15) is 6.04 Å². The second-order valence-corrected chi connectivity index (χ2v) is 8.00. The predicted octanol–water partition coefficient (Wildman–Crippen LogP) is 3.51. The van der Waals surface area contributed by atoms with E-state index in [2.05, 4.69) is 16.0 Å². The molecule has 0 bridgehead atoms. The maximum atomic E-state index is 12.7. The molecule has 0 radical (unpaired) electrons. The first-order valence-corrected chi connectivity index (χ1v) is 10.2. The van der Waals surface area contributed by atoms with Crippen molar-refractivity contribution in [1.29, 1.82) is 0 Å². The molecular formula is C24H31N3O3. The Kier molecular flexibility index (Phi) is 8.16. The minimum atomic E-state index is -0.717. The summed E-state index contributed by atoms with van der Waals surface area (Å²) < 4.78 is 0. The van der Waals surface area contributed by atoms with Gasteiger partial charge in [-0.3, -0.25) is 14.4 Å². The van der Waals surface area contributed by atoms with Crippen LogP contribution in [0.1, 0.15) is 47.3 Å². The van der Waals surface area contributed by atoms with Crippen molar-refractivity contribution in [2.24, 2.45) is 5.92 Å². The molecule has 2 aromatic carbocycles. The van der Waals surface area contributed by atoms with Crippen molar-refractivity contribution in [2.75, 3.05) is 11.9 Å². The molecular weight excluding hydrogens is 378 g/mol. The highest BCUT2D eigenvalue weighted by Gasteiger charge is 2.23. The van der Waals surface area contributed by atoms with E-state index in [-0.39, 0.29) is 30.2 Å². The van der Waals surface area contributed by atoms with Gasteiger partial charge >= 0.3 is 0 Å². The summed E-state index contributed by atoms with van der Waals surface area (Å²) in [7, 11) is 0. The lowest BCUT2D eigenvalue weighted by molar-refractivity contribution is -0.125. The third-order valence-electron chi connectivity index (χ3n) is 4.89. The zero-order valence-electron chi connectivity index (χ0n) is 18.3. The maximum Gasteiger partial charge on any atom is 0.252 e. The monoisotopic (exact) mass is 409 g/mol. The molecule has 0 saturated heterocycles.